The Kier molecular flexibility index (Phi) is 4.06. The maximum absolute atomic E-state index is 12.5. The van der Waals surface area contributed by atoms with Gasteiger partial charge in [-0.05, 0) is 32.0 Å². The van der Waals surface area contributed by atoms with Gasteiger partial charge in [-0.3, -0.25) is 4.68 Å². The average molecular weight is 283 g/mol. The minimum atomic E-state index is -4.95. The molecule has 1 aromatic heterocycles. The molecule has 0 aliphatic carbocycles. The molecule has 1 aromatic carbocycles. The van der Waals surface area contributed by atoms with Crippen molar-refractivity contribution in [2.24, 2.45) is 0 Å². The molecule has 0 atom stereocenters. The molecule has 0 saturated carbocycles. The number of rotatable bonds is 5. The van der Waals surface area contributed by atoms with E-state index in [4.69, 9.17) is 4.74 Å². The van der Waals surface area contributed by atoms with Crippen LogP contribution in [-0.2, 0) is 6.61 Å². The van der Waals surface area contributed by atoms with Gasteiger partial charge in [-0.2, -0.15) is 5.10 Å². The Labute approximate surface area is 115 Å². The van der Waals surface area contributed by atoms with Crippen LogP contribution < -0.4 is 10.2 Å². The lowest BCUT2D eigenvalue weighted by Gasteiger charge is -2.15. The molecule has 0 saturated heterocycles. The van der Waals surface area contributed by atoms with Gasteiger partial charge in [0.05, 0.1) is 5.69 Å². The van der Waals surface area contributed by atoms with Crippen LogP contribution in [0.1, 0.15) is 25.6 Å². The van der Waals surface area contributed by atoms with Crippen LogP contribution >= 0.6 is 0 Å². The summed E-state index contributed by atoms with van der Waals surface area (Å²) >= 11 is 0. The van der Waals surface area contributed by atoms with Crippen LogP contribution in [0.3, 0.4) is 0 Å². The zero-order valence-electron chi connectivity index (χ0n) is 11.3. The Morgan fingerprint density at radius 2 is 1.80 bits per heavy atom. The van der Waals surface area contributed by atoms with Gasteiger partial charge in [-0.1, -0.05) is 12.1 Å². The number of nitrogens with zero attached hydrogens (tertiary/aromatic N) is 2. The molecule has 1 heterocycles. The fourth-order valence-corrected chi connectivity index (χ4v) is 1.68. The number of halogens is 3. The third-order valence-corrected chi connectivity index (χ3v) is 2.84. The van der Waals surface area contributed by atoms with Crippen molar-refractivity contribution >= 4 is 12.4 Å². The highest BCUT2D eigenvalue weighted by Gasteiger charge is 2.24. The van der Waals surface area contributed by atoms with Crippen LogP contribution in [0.4, 0.5) is 12.9 Å². The first-order valence-electron chi connectivity index (χ1n) is 6.33. The van der Waals surface area contributed by atoms with Gasteiger partial charge in [0.25, 0.3) is 0 Å². The zero-order valence-corrected chi connectivity index (χ0v) is 11.3. The van der Waals surface area contributed by atoms with E-state index in [2.05, 4.69) is 5.10 Å². The molecule has 2 aromatic rings. The summed E-state index contributed by atoms with van der Waals surface area (Å²) in [5.41, 5.74) is 0.115. The lowest BCUT2D eigenvalue weighted by atomic mass is 9.80. The molecule has 3 nitrogen and oxygen atoms in total. The highest BCUT2D eigenvalue weighted by molar-refractivity contribution is 6.73. The van der Waals surface area contributed by atoms with Crippen molar-refractivity contribution in [1.82, 2.24) is 9.78 Å². The lowest BCUT2D eigenvalue weighted by molar-refractivity contribution is 0.298. The maximum Gasteiger partial charge on any atom is 0.509 e. The van der Waals surface area contributed by atoms with Crippen molar-refractivity contribution in [3.63, 3.8) is 0 Å². The third-order valence-electron chi connectivity index (χ3n) is 2.84. The van der Waals surface area contributed by atoms with Crippen molar-refractivity contribution in [1.29, 1.82) is 0 Å². The molecule has 2 rings (SSSR count). The van der Waals surface area contributed by atoms with E-state index in [1.165, 1.54) is 12.1 Å². The Morgan fingerprint density at radius 3 is 2.30 bits per heavy atom. The van der Waals surface area contributed by atoms with Crippen molar-refractivity contribution in [3.8, 4) is 5.75 Å². The first kappa shape index (κ1) is 14.5. The fourth-order valence-electron chi connectivity index (χ4n) is 1.68. The predicted molar refractivity (Wildman–Crippen MR) is 72.1 cm³/mol. The third kappa shape index (κ3) is 3.56. The molecule has 0 bridgehead atoms. The molecule has 0 amide bonds. The number of aromatic nitrogens is 2. The van der Waals surface area contributed by atoms with Gasteiger partial charge in [0.15, 0.2) is 0 Å². The number of hydrogen-bond donors (Lipinski definition) is 0. The monoisotopic (exact) mass is 283 g/mol. The van der Waals surface area contributed by atoms with Crippen LogP contribution in [0.5, 0.6) is 5.75 Å². The second-order valence-corrected chi connectivity index (χ2v) is 4.81. The quantitative estimate of drug-likeness (QED) is 0.788. The summed E-state index contributed by atoms with van der Waals surface area (Å²) in [4.78, 5) is 0. The average Bonchev–Trinajstić information content (AvgIpc) is 2.85. The smallest absolute Gasteiger partial charge is 0.487 e. The van der Waals surface area contributed by atoms with Crippen LogP contribution in [-0.4, -0.2) is 16.8 Å². The standard InChI is InChI=1S/C13H15BF3N2O/c1-10(2)19-8-7-12(18-19)9-20-13-5-3-11(4-6-13)14(15,16)17/h3-8,10H,9H2,1-2H3/q-1. The molecular formula is C13H15BF3N2O-. The largest absolute Gasteiger partial charge is 0.509 e. The maximum atomic E-state index is 12.5. The molecule has 0 aliphatic rings. The predicted octanol–water partition coefficient (Wildman–Crippen LogP) is 3.10. The molecule has 0 fully saturated rings. The summed E-state index contributed by atoms with van der Waals surface area (Å²) in [5, 5.41) is 4.30. The normalized spacial score (nSPS) is 11.9. The number of ether oxygens (including phenoxy) is 1. The molecule has 0 aliphatic heterocycles. The zero-order chi connectivity index (χ0) is 14.8. The van der Waals surface area contributed by atoms with Gasteiger partial charge in [-0.15, -0.1) is 5.46 Å². The van der Waals surface area contributed by atoms with Gasteiger partial charge < -0.3 is 17.7 Å². The fraction of sp³-hybridized carbons (Fsp3) is 0.308. The van der Waals surface area contributed by atoms with E-state index in [-0.39, 0.29) is 12.6 Å². The summed E-state index contributed by atoms with van der Waals surface area (Å²) in [6.07, 6.45) is 1.85. The molecule has 0 N–H and O–H groups in total. The summed E-state index contributed by atoms with van der Waals surface area (Å²) in [7, 11) is 0. The van der Waals surface area contributed by atoms with Crippen LogP contribution in [0.25, 0.3) is 0 Å². The minimum Gasteiger partial charge on any atom is -0.487 e. The van der Waals surface area contributed by atoms with Gasteiger partial charge in [0.1, 0.15) is 12.4 Å². The second-order valence-electron chi connectivity index (χ2n) is 4.81. The molecule has 108 valence electrons. The molecule has 7 heteroatoms. The van der Waals surface area contributed by atoms with Gasteiger partial charge in [0, 0.05) is 12.2 Å². The summed E-state index contributed by atoms with van der Waals surface area (Å²) < 4.78 is 44.6. The van der Waals surface area contributed by atoms with Crippen molar-refractivity contribution < 1.29 is 17.7 Å². The number of hydrogen-bond acceptors (Lipinski definition) is 2. The highest BCUT2D eigenvalue weighted by atomic mass is 19.4. The molecule has 0 unspecified atom stereocenters. The molecule has 20 heavy (non-hydrogen) atoms. The summed E-state index contributed by atoms with van der Waals surface area (Å²) in [6.45, 7) is -0.704. The summed E-state index contributed by atoms with van der Waals surface area (Å²) in [5.74, 6) is 0.396. The van der Waals surface area contributed by atoms with Gasteiger partial charge >= 0.3 is 6.98 Å². The van der Waals surface area contributed by atoms with E-state index in [0.29, 0.717) is 5.75 Å². The van der Waals surface area contributed by atoms with Crippen molar-refractivity contribution in [2.75, 3.05) is 0 Å². The van der Waals surface area contributed by atoms with E-state index in [1.54, 1.807) is 4.68 Å². The van der Waals surface area contributed by atoms with Gasteiger partial charge in [-0.25, -0.2) is 0 Å². The van der Waals surface area contributed by atoms with E-state index in [0.717, 1.165) is 17.8 Å². The van der Waals surface area contributed by atoms with E-state index < -0.39 is 12.4 Å². The molecule has 0 radical (unpaired) electrons. The Hall–Kier alpha value is -1.92. The minimum absolute atomic E-state index is 0.232. The molecule has 0 spiro atoms. The van der Waals surface area contributed by atoms with Crippen LogP contribution in [0.2, 0.25) is 0 Å². The SMILES string of the molecule is CC(C)n1ccc(COc2ccc([B-](F)(F)F)cc2)n1. The molecular weight excluding hydrogens is 268 g/mol. The Bertz CT molecular complexity index is 564. The van der Waals surface area contributed by atoms with Crippen LogP contribution in [0, 0.1) is 0 Å². The topological polar surface area (TPSA) is 27.1 Å². The van der Waals surface area contributed by atoms with Crippen molar-refractivity contribution in [3.05, 3.63) is 42.2 Å². The highest BCUT2D eigenvalue weighted by Crippen LogP contribution is 2.15. The van der Waals surface area contributed by atoms with Gasteiger partial charge in [0.2, 0.25) is 0 Å². The lowest BCUT2D eigenvalue weighted by Crippen LogP contribution is -2.33. The van der Waals surface area contributed by atoms with E-state index in [9.17, 15) is 12.9 Å². The first-order valence-corrected chi connectivity index (χ1v) is 6.33. The van der Waals surface area contributed by atoms with E-state index in [1.807, 2.05) is 26.1 Å². The summed E-state index contributed by atoms with van der Waals surface area (Å²) in [6, 6.07) is 6.79. The number of benzene rings is 1. The van der Waals surface area contributed by atoms with Crippen LogP contribution in [0.15, 0.2) is 36.5 Å². The first-order chi connectivity index (χ1) is 9.36. The Morgan fingerprint density at radius 1 is 1.15 bits per heavy atom. The van der Waals surface area contributed by atoms with E-state index >= 15 is 0 Å². The van der Waals surface area contributed by atoms with Crippen molar-refractivity contribution in [2.45, 2.75) is 26.5 Å². The second kappa shape index (κ2) is 5.60. The Balaban J connectivity index is 1.97.